The lowest BCUT2D eigenvalue weighted by Gasteiger charge is -2.12. The molecular weight excluding hydrogens is 386 g/mol. The summed E-state index contributed by atoms with van der Waals surface area (Å²) in [5.74, 6) is -0.112. The van der Waals surface area contributed by atoms with E-state index in [1.165, 1.54) is 30.2 Å². The first-order chi connectivity index (χ1) is 13.9. The van der Waals surface area contributed by atoms with Gasteiger partial charge >= 0.3 is 0 Å². The van der Waals surface area contributed by atoms with Gasteiger partial charge in [-0.1, -0.05) is 37.2 Å². The highest BCUT2D eigenvalue weighted by Gasteiger charge is 2.21. The molecule has 3 rings (SSSR count). The molecule has 29 heavy (non-hydrogen) atoms. The van der Waals surface area contributed by atoms with Crippen LogP contribution in [0.4, 0.5) is 5.69 Å². The summed E-state index contributed by atoms with van der Waals surface area (Å²) in [4.78, 5) is 12.7. The number of hydrogen-bond donors (Lipinski definition) is 1. The van der Waals surface area contributed by atoms with Gasteiger partial charge in [0.15, 0.2) is 0 Å². The van der Waals surface area contributed by atoms with Gasteiger partial charge in [0.1, 0.15) is 0 Å². The van der Waals surface area contributed by atoms with Crippen LogP contribution in [-0.4, -0.2) is 41.1 Å². The maximum atomic E-state index is 12.7. The number of benzene rings is 1. The van der Waals surface area contributed by atoms with Gasteiger partial charge in [-0.2, -0.15) is 9.78 Å². The summed E-state index contributed by atoms with van der Waals surface area (Å²) in [6, 6.07) is 8.23. The number of tetrazole rings is 1. The Kier molecular flexibility index (Phi) is 6.68. The van der Waals surface area contributed by atoms with Crippen molar-refractivity contribution < 1.29 is 4.79 Å². The van der Waals surface area contributed by atoms with Crippen molar-refractivity contribution >= 4 is 23.4 Å². The summed E-state index contributed by atoms with van der Waals surface area (Å²) in [6.07, 6.45) is 3.42. The second kappa shape index (κ2) is 9.21. The molecule has 0 aliphatic rings. The van der Waals surface area contributed by atoms with Gasteiger partial charge in [0, 0.05) is 7.05 Å². The molecule has 0 bridgehead atoms. The number of rotatable bonds is 8. The number of hydrogen-bond acceptors (Lipinski definition) is 6. The molecule has 2 heterocycles. The topological polar surface area (TPSA) is 90.5 Å². The summed E-state index contributed by atoms with van der Waals surface area (Å²) < 4.78 is 3.42. The molecule has 9 heteroatoms. The SMILES string of the molecule is CCCCc1ccc(-n2nnnc2SC(C)C(=O)Nc2c(C)nn(C)c2C)cc1. The van der Waals surface area contributed by atoms with Gasteiger partial charge in [-0.15, -0.1) is 5.10 Å². The van der Waals surface area contributed by atoms with Crippen molar-refractivity contribution in [3.05, 3.63) is 41.2 Å². The summed E-state index contributed by atoms with van der Waals surface area (Å²) in [6.45, 7) is 7.84. The Labute approximate surface area is 175 Å². The van der Waals surface area contributed by atoms with Crippen LogP contribution in [-0.2, 0) is 18.3 Å². The van der Waals surface area contributed by atoms with Crippen molar-refractivity contribution in [3.63, 3.8) is 0 Å². The summed E-state index contributed by atoms with van der Waals surface area (Å²) in [7, 11) is 1.86. The largest absolute Gasteiger partial charge is 0.322 e. The lowest BCUT2D eigenvalue weighted by molar-refractivity contribution is -0.115. The van der Waals surface area contributed by atoms with E-state index in [0.717, 1.165) is 29.2 Å². The number of nitrogens with one attached hydrogen (secondary N) is 1. The zero-order valence-electron chi connectivity index (χ0n) is 17.5. The standard InChI is InChI=1S/C20H27N7OS/c1-6-7-8-16-9-11-17(12-10-16)27-20(22-24-25-27)29-15(4)19(28)21-18-13(2)23-26(5)14(18)3/h9-12,15H,6-8H2,1-5H3,(H,21,28). The maximum Gasteiger partial charge on any atom is 0.237 e. The average molecular weight is 414 g/mol. The van der Waals surface area contributed by atoms with Crippen LogP contribution >= 0.6 is 11.8 Å². The zero-order valence-corrected chi connectivity index (χ0v) is 18.3. The van der Waals surface area contributed by atoms with E-state index >= 15 is 0 Å². The lowest BCUT2D eigenvalue weighted by Crippen LogP contribution is -2.23. The zero-order chi connectivity index (χ0) is 21.0. The number of carbonyl (C=O) groups is 1. The molecule has 0 aliphatic heterocycles. The number of thioether (sulfide) groups is 1. The van der Waals surface area contributed by atoms with E-state index in [-0.39, 0.29) is 11.2 Å². The lowest BCUT2D eigenvalue weighted by atomic mass is 10.1. The first-order valence-corrected chi connectivity index (χ1v) is 10.6. The molecule has 1 amide bonds. The van der Waals surface area contributed by atoms with E-state index in [4.69, 9.17) is 0 Å². The Balaban J connectivity index is 1.69. The predicted octanol–water partition coefficient (Wildman–Crippen LogP) is 3.47. The fourth-order valence-electron chi connectivity index (χ4n) is 2.99. The second-order valence-electron chi connectivity index (χ2n) is 7.06. The van der Waals surface area contributed by atoms with Gasteiger partial charge < -0.3 is 5.32 Å². The predicted molar refractivity (Wildman–Crippen MR) is 114 cm³/mol. The molecule has 154 valence electrons. The monoisotopic (exact) mass is 413 g/mol. The Morgan fingerprint density at radius 2 is 1.97 bits per heavy atom. The number of nitrogens with zero attached hydrogens (tertiary/aromatic N) is 6. The molecule has 0 radical (unpaired) electrons. The molecule has 8 nitrogen and oxygen atoms in total. The van der Waals surface area contributed by atoms with Crippen molar-refractivity contribution in [2.75, 3.05) is 5.32 Å². The highest BCUT2D eigenvalue weighted by molar-refractivity contribution is 8.00. The molecule has 0 spiro atoms. The van der Waals surface area contributed by atoms with Gasteiger partial charge in [0.05, 0.1) is 28.0 Å². The van der Waals surface area contributed by atoms with Crippen molar-refractivity contribution in [1.82, 2.24) is 30.0 Å². The Morgan fingerprint density at radius 1 is 1.24 bits per heavy atom. The molecule has 1 aromatic carbocycles. The third-order valence-corrected chi connectivity index (χ3v) is 5.88. The fraction of sp³-hybridized carbons (Fsp3) is 0.450. The van der Waals surface area contributed by atoms with Crippen LogP contribution in [0.2, 0.25) is 0 Å². The van der Waals surface area contributed by atoms with Crippen LogP contribution in [0.5, 0.6) is 0 Å². The van der Waals surface area contributed by atoms with Crippen LogP contribution in [0, 0.1) is 13.8 Å². The van der Waals surface area contributed by atoms with Crippen LogP contribution in [0.3, 0.4) is 0 Å². The number of aromatic nitrogens is 6. The molecule has 2 aromatic heterocycles. The minimum Gasteiger partial charge on any atom is -0.322 e. The van der Waals surface area contributed by atoms with Crippen LogP contribution < -0.4 is 5.32 Å². The summed E-state index contributed by atoms with van der Waals surface area (Å²) >= 11 is 1.32. The first kappa shape index (κ1) is 21.0. The van der Waals surface area contributed by atoms with E-state index in [9.17, 15) is 4.79 Å². The second-order valence-corrected chi connectivity index (χ2v) is 8.37. The Hall–Kier alpha value is -2.68. The molecule has 1 N–H and O–H groups in total. The summed E-state index contributed by atoms with van der Waals surface area (Å²) in [5.41, 5.74) is 4.65. The van der Waals surface area contributed by atoms with Gasteiger partial charge in [-0.25, -0.2) is 0 Å². The molecule has 0 fully saturated rings. The molecule has 0 saturated carbocycles. The van der Waals surface area contributed by atoms with E-state index in [2.05, 4.69) is 45.0 Å². The number of carbonyl (C=O) groups excluding carboxylic acids is 1. The van der Waals surface area contributed by atoms with Gasteiger partial charge in [0.2, 0.25) is 11.1 Å². The van der Waals surface area contributed by atoms with Gasteiger partial charge in [-0.05, 0) is 61.7 Å². The normalized spacial score (nSPS) is 12.2. The number of unbranched alkanes of at least 4 members (excludes halogenated alkanes) is 1. The smallest absolute Gasteiger partial charge is 0.237 e. The third kappa shape index (κ3) is 4.84. The van der Waals surface area contributed by atoms with E-state index in [1.54, 1.807) is 9.36 Å². The minimum atomic E-state index is -0.373. The minimum absolute atomic E-state index is 0.112. The van der Waals surface area contributed by atoms with Crippen LogP contribution in [0.15, 0.2) is 29.4 Å². The molecule has 0 aliphatic carbocycles. The van der Waals surface area contributed by atoms with Crippen molar-refractivity contribution in [2.45, 2.75) is 57.4 Å². The van der Waals surface area contributed by atoms with Crippen molar-refractivity contribution in [3.8, 4) is 5.69 Å². The molecule has 1 atom stereocenters. The number of amides is 1. The van der Waals surface area contributed by atoms with Crippen molar-refractivity contribution in [2.24, 2.45) is 7.05 Å². The first-order valence-electron chi connectivity index (χ1n) is 9.76. The molecule has 1 unspecified atom stereocenters. The Bertz CT molecular complexity index is 977. The van der Waals surface area contributed by atoms with Crippen molar-refractivity contribution in [1.29, 1.82) is 0 Å². The number of anilines is 1. The molecular formula is C20H27N7OS. The Morgan fingerprint density at radius 3 is 2.59 bits per heavy atom. The van der Waals surface area contributed by atoms with Crippen LogP contribution in [0.1, 0.15) is 43.6 Å². The molecule has 3 aromatic rings. The van der Waals surface area contributed by atoms with Gasteiger partial charge in [-0.3, -0.25) is 9.48 Å². The maximum absolute atomic E-state index is 12.7. The fourth-order valence-corrected chi connectivity index (χ4v) is 3.80. The third-order valence-electron chi connectivity index (χ3n) is 4.85. The average Bonchev–Trinajstić information content (AvgIpc) is 3.26. The summed E-state index contributed by atoms with van der Waals surface area (Å²) in [5, 5.41) is 19.5. The highest BCUT2D eigenvalue weighted by Crippen LogP contribution is 2.25. The molecule has 0 saturated heterocycles. The van der Waals surface area contributed by atoms with Gasteiger partial charge in [0.25, 0.3) is 0 Å². The van der Waals surface area contributed by atoms with Crippen LogP contribution in [0.25, 0.3) is 5.69 Å². The quantitative estimate of drug-likeness (QED) is 0.569. The number of aryl methyl sites for hydroxylation is 3. The highest BCUT2D eigenvalue weighted by atomic mass is 32.2. The van der Waals surface area contributed by atoms with E-state index in [0.29, 0.717) is 5.16 Å². The van der Waals surface area contributed by atoms with E-state index in [1.807, 2.05) is 40.0 Å². The van der Waals surface area contributed by atoms with E-state index < -0.39 is 0 Å².